The highest BCUT2D eigenvalue weighted by Crippen LogP contribution is 2.33. The number of benzene rings is 1. The fourth-order valence-electron chi connectivity index (χ4n) is 2.05. The van der Waals surface area contributed by atoms with E-state index in [1.165, 1.54) is 11.3 Å². The zero-order chi connectivity index (χ0) is 16.9. The molecule has 3 rings (SSSR count). The lowest BCUT2D eigenvalue weighted by molar-refractivity contribution is 0.0960. The number of carbonyl (C=O) groups excluding carboxylic acids is 1. The maximum Gasteiger partial charge on any atom is 0.283 e. The molecule has 3 N–H and O–H groups in total. The molecule has 5 nitrogen and oxygen atoms in total. The number of hydrogen-bond donors (Lipinski definition) is 2. The zero-order valence-corrected chi connectivity index (χ0v) is 14.5. The van der Waals surface area contributed by atoms with Gasteiger partial charge in [0.1, 0.15) is 10.6 Å². The highest BCUT2D eigenvalue weighted by molar-refractivity contribution is 7.18. The summed E-state index contributed by atoms with van der Waals surface area (Å²) >= 11 is 2.88. The van der Waals surface area contributed by atoms with Crippen LogP contribution in [0.15, 0.2) is 52.9 Å². The number of nitrogen functional groups attached to an aromatic ring is 1. The maximum atomic E-state index is 12.2. The molecule has 0 saturated heterocycles. The van der Waals surface area contributed by atoms with Crippen molar-refractivity contribution in [1.29, 1.82) is 0 Å². The number of hydrogen-bond acceptors (Lipinski definition) is 6. The van der Waals surface area contributed by atoms with E-state index in [-0.39, 0.29) is 5.91 Å². The molecule has 0 spiro atoms. The Kier molecular flexibility index (Phi) is 4.93. The third-order valence-electron chi connectivity index (χ3n) is 3.24. The highest BCUT2D eigenvalue weighted by atomic mass is 32.1. The Morgan fingerprint density at radius 1 is 1.29 bits per heavy atom. The first kappa shape index (κ1) is 16.2. The lowest BCUT2D eigenvalue weighted by atomic mass is 10.2. The summed E-state index contributed by atoms with van der Waals surface area (Å²) in [5.41, 5.74) is 9.91. The Labute approximate surface area is 147 Å². The van der Waals surface area contributed by atoms with Crippen molar-refractivity contribution in [2.45, 2.75) is 0 Å². The van der Waals surface area contributed by atoms with Crippen molar-refractivity contribution < 1.29 is 9.53 Å². The van der Waals surface area contributed by atoms with Crippen LogP contribution in [0.25, 0.3) is 10.4 Å². The first-order valence-corrected chi connectivity index (χ1v) is 8.77. The summed E-state index contributed by atoms with van der Waals surface area (Å²) in [7, 11) is 1.62. The molecule has 0 atom stereocenters. The second-order valence-corrected chi connectivity index (χ2v) is 6.87. The fraction of sp³-hybridized carbons (Fsp3) is 0.0588. The van der Waals surface area contributed by atoms with Gasteiger partial charge in [0.2, 0.25) is 0 Å². The topological polar surface area (TPSA) is 76.7 Å². The Morgan fingerprint density at radius 3 is 2.75 bits per heavy atom. The van der Waals surface area contributed by atoms with E-state index in [2.05, 4.69) is 10.5 Å². The number of hydrazone groups is 1. The van der Waals surface area contributed by atoms with Gasteiger partial charge >= 0.3 is 0 Å². The summed E-state index contributed by atoms with van der Waals surface area (Å²) in [6, 6.07) is 13.2. The molecule has 0 aliphatic rings. The molecule has 1 amide bonds. The van der Waals surface area contributed by atoms with Crippen LogP contribution in [0.3, 0.4) is 0 Å². The van der Waals surface area contributed by atoms with E-state index in [1.54, 1.807) is 30.7 Å². The van der Waals surface area contributed by atoms with Crippen LogP contribution >= 0.6 is 22.7 Å². The molecular formula is C17H15N3O2S2. The van der Waals surface area contributed by atoms with Gasteiger partial charge in [-0.15, -0.1) is 22.7 Å². The van der Waals surface area contributed by atoms with Gasteiger partial charge in [-0.05, 0) is 47.3 Å². The lowest BCUT2D eigenvalue weighted by Gasteiger charge is -2.00. The second-order valence-electron chi connectivity index (χ2n) is 4.84. The quantitative estimate of drug-likeness (QED) is 0.538. The molecule has 1 aromatic carbocycles. The Hall–Kier alpha value is -2.64. The molecule has 3 aromatic rings. The number of rotatable bonds is 5. The van der Waals surface area contributed by atoms with Crippen LogP contribution in [-0.4, -0.2) is 19.2 Å². The number of amides is 1. The molecule has 0 aliphatic heterocycles. The highest BCUT2D eigenvalue weighted by Gasteiger charge is 2.15. The van der Waals surface area contributed by atoms with Crippen molar-refractivity contribution in [3.8, 4) is 16.2 Å². The summed E-state index contributed by atoms with van der Waals surface area (Å²) in [4.78, 5) is 14.6. The molecule has 24 heavy (non-hydrogen) atoms. The van der Waals surface area contributed by atoms with Crippen LogP contribution in [0.2, 0.25) is 0 Å². The monoisotopic (exact) mass is 357 g/mol. The molecule has 0 radical (unpaired) electrons. The summed E-state index contributed by atoms with van der Waals surface area (Å²) < 4.78 is 5.15. The van der Waals surface area contributed by atoms with Crippen molar-refractivity contribution in [2.75, 3.05) is 12.8 Å². The molecule has 0 saturated carbocycles. The molecule has 0 bridgehead atoms. The average Bonchev–Trinajstić information content (AvgIpc) is 3.24. The van der Waals surface area contributed by atoms with Gasteiger partial charge in [0.25, 0.3) is 5.91 Å². The number of ether oxygens (including phenoxy) is 1. The zero-order valence-electron chi connectivity index (χ0n) is 12.9. The Balaban J connectivity index is 1.74. The number of anilines is 1. The summed E-state index contributed by atoms with van der Waals surface area (Å²) in [5, 5.41) is 5.90. The third kappa shape index (κ3) is 3.64. The molecule has 0 fully saturated rings. The van der Waals surface area contributed by atoms with Crippen LogP contribution in [0.4, 0.5) is 5.69 Å². The predicted molar refractivity (Wildman–Crippen MR) is 100 cm³/mol. The lowest BCUT2D eigenvalue weighted by Crippen LogP contribution is -2.17. The number of carbonyl (C=O) groups is 1. The Bertz CT molecular complexity index is 853. The standard InChI is InChI=1S/C17H15N3O2S2/c1-22-12-6-4-11(5-7-12)15-9-14(18)16(24-15)17(21)20-19-10-13-3-2-8-23-13/h2-10H,18H2,1H3,(H,20,21)/b19-10-. The van der Waals surface area contributed by atoms with E-state index in [0.717, 1.165) is 21.1 Å². The molecule has 7 heteroatoms. The second kappa shape index (κ2) is 7.29. The summed E-state index contributed by atoms with van der Waals surface area (Å²) in [5.74, 6) is 0.467. The minimum Gasteiger partial charge on any atom is -0.497 e. The van der Waals surface area contributed by atoms with Crippen molar-refractivity contribution >= 4 is 40.5 Å². The number of thiophene rings is 2. The normalized spacial score (nSPS) is 10.9. The van der Waals surface area contributed by atoms with Crippen LogP contribution < -0.4 is 15.9 Å². The van der Waals surface area contributed by atoms with Crippen molar-refractivity contribution in [1.82, 2.24) is 5.43 Å². The smallest absolute Gasteiger partial charge is 0.283 e. The van der Waals surface area contributed by atoms with E-state index in [9.17, 15) is 4.79 Å². The predicted octanol–water partition coefficient (Wildman–Crippen LogP) is 3.83. The van der Waals surface area contributed by atoms with Gasteiger partial charge in [0.15, 0.2) is 0 Å². The van der Waals surface area contributed by atoms with E-state index in [4.69, 9.17) is 10.5 Å². The molecule has 2 aromatic heterocycles. The van der Waals surface area contributed by atoms with Crippen molar-refractivity contribution in [3.05, 3.63) is 57.6 Å². The fourth-order valence-corrected chi connectivity index (χ4v) is 3.61. The molecule has 0 aliphatic carbocycles. The summed E-state index contributed by atoms with van der Waals surface area (Å²) in [6.07, 6.45) is 1.61. The average molecular weight is 357 g/mol. The number of nitrogens with zero attached hydrogens (tertiary/aromatic N) is 1. The Morgan fingerprint density at radius 2 is 2.08 bits per heavy atom. The van der Waals surface area contributed by atoms with Crippen LogP contribution in [-0.2, 0) is 0 Å². The van der Waals surface area contributed by atoms with E-state index in [0.29, 0.717) is 10.6 Å². The summed E-state index contributed by atoms with van der Waals surface area (Å²) in [6.45, 7) is 0. The van der Waals surface area contributed by atoms with E-state index in [1.807, 2.05) is 41.8 Å². The largest absolute Gasteiger partial charge is 0.497 e. The number of nitrogens with two attached hydrogens (primary N) is 1. The maximum absolute atomic E-state index is 12.2. The van der Waals surface area contributed by atoms with E-state index < -0.39 is 0 Å². The molecule has 0 unspecified atom stereocenters. The van der Waals surface area contributed by atoms with Crippen LogP contribution in [0.1, 0.15) is 14.5 Å². The van der Waals surface area contributed by atoms with Crippen molar-refractivity contribution in [3.63, 3.8) is 0 Å². The number of methoxy groups -OCH3 is 1. The van der Waals surface area contributed by atoms with Crippen LogP contribution in [0, 0.1) is 0 Å². The van der Waals surface area contributed by atoms with Gasteiger partial charge in [0.05, 0.1) is 19.0 Å². The van der Waals surface area contributed by atoms with Gasteiger partial charge in [-0.1, -0.05) is 6.07 Å². The SMILES string of the molecule is COc1ccc(-c2cc(N)c(C(=O)N/N=C\c3cccs3)s2)cc1. The van der Waals surface area contributed by atoms with Gasteiger partial charge in [0, 0.05) is 9.75 Å². The van der Waals surface area contributed by atoms with Gasteiger partial charge in [-0.3, -0.25) is 4.79 Å². The van der Waals surface area contributed by atoms with Gasteiger partial charge < -0.3 is 10.5 Å². The minimum absolute atomic E-state index is 0.315. The van der Waals surface area contributed by atoms with Crippen LogP contribution in [0.5, 0.6) is 5.75 Å². The molecule has 122 valence electrons. The molecular weight excluding hydrogens is 342 g/mol. The third-order valence-corrected chi connectivity index (χ3v) is 5.25. The number of nitrogens with one attached hydrogen (secondary N) is 1. The minimum atomic E-state index is -0.315. The van der Waals surface area contributed by atoms with Crippen molar-refractivity contribution in [2.24, 2.45) is 5.10 Å². The van der Waals surface area contributed by atoms with E-state index >= 15 is 0 Å². The van der Waals surface area contributed by atoms with Gasteiger partial charge in [-0.25, -0.2) is 5.43 Å². The van der Waals surface area contributed by atoms with Gasteiger partial charge in [-0.2, -0.15) is 5.10 Å². The first-order valence-electron chi connectivity index (χ1n) is 7.08. The molecule has 2 heterocycles. The first-order chi connectivity index (χ1) is 11.7.